The van der Waals surface area contributed by atoms with Crippen LogP contribution in [-0.2, 0) is 9.53 Å². The lowest BCUT2D eigenvalue weighted by molar-refractivity contribution is -0.170. The first kappa shape index (κ1) is 14.5. The van der Waals surface area contributed by atoms with Crippen molar-refractivity contribution in [2.45, 2.75) is 58.2 Å². The topological polar surface area (TPSA) is 55.6 Å². The summed E-state index contributed by atoms with van der Waals surface area (Å²) in [7, 11) is 3.62. The highest BCUT2D eigenvalue weighted by Gasteiger charge is 2.55. The zero-order chi connectivity index (χ0) is 13.2. The molecule has 1 saturated carbocycles. The molecule has 0 bridgehead atoms. The summed E-state index contributed by atoms with van der Waals surface area (Å²) in [6, 6.07) is -0.158. The summed E-state index contributed by atoms with van der Waals surface area (Å²) in [5, 5.41) is 0. The van der Waals surface area contributed by atoms with E-state index in [1.165, 1.54) is 0 Å². The van der Waals surface area contributed by atoms with Gasteiger partial charge in [-0.15, -0.1) is 0 Å². The first-order valence-corrected chi connectivity index (χ1v) is 6.49. The minimum Gasteiger partial charge on any atom is -0.381 e. The summed E-state index contributed by atoms with van der Waals surface area (Å²) < 4.78 is 5.54. The fourth-order valence-corrected chi connectivity index (χ4v) is 3.25. The van der Waals surface area contributed by atoms with Gasteiger partial charge in [0.1, 0.15) is 0 Å². The molecule has 4 heteroatoms. The molecule has 1 fully saturated rings. The third-order valence-corrected chi connectivity index (χ3v) is 4.55. The van der Waals surface area contributed by atoms with E-state index in [1.807, 2.05) is 11.9 Å². The monoisotopic (exact) mass is 242 g/mol. The van der Waals surface area contributed by atoms with E-state index in [1.54, 1.807) is 14.0 Å². The summed E-state index contributed by atoms with van der Waals surface area (Å²) in [5.74, 6) is 0.0239. The van der Waals surface area contributed by atoms with Gasteiger partial charge in [-0.25, -0.2) is 0 Å². The number of nitrogens with two attached hydrogens (primary N) is 1. The lowest BCUT2D eigenvalue weighted by Crippen LogP contribution is -2.65. The van der Waals surface area contributed by atoms with E-state index in [9.17, 15) is 4.79 Å². The predicted octanol–water partition coefficient (Wildman–Crippen LogP) is 1.39. The molecule has 1 amide bonds. The number of nitrogens with zero attached hydrogens (tertiary/aromatic N) is 1. The fourth-order valence-electron chi connectivity index (χ4n) is 3.25. The second-order valence-corrected chi connectivity index (χ2v) is 5.15. The molecule has 100 valence electrons. The summed E-state index contributed by atoms with van der Waals surface area (Å²) in [6.45, 7) is 6.09. The third kappa shape index (κ3) is 2.20. The Kier molecular flexibility index (Phi) is 4.55. The number of amides is 1. The molecule has 1 rings (SSSR count). The standard InChI is InChI=1S/C13H26N2O2/c1-6-13(7-2)10(8-11(13)17-5)15(4)12(16)9(3)14/h9-11H,6-8,14H2,1-5H3/t9-,10+,11+/m0/s1. The van der Waals surface area contributed by atoms with E-state index in [4.69, 9.17) is 10.5 Å². The molecule has 0 aromatic rings. The summed E-state index contributed by atoms with van der Waals surface area (Å²) in [5.41, 5.74) is 5.77. The highest BCUT2D eigenvalue weighted by molar-refractivity contribution is 5.81. The van der Waals surface area contributed by atoms with Crippen LogP contribution in [-0.4, -0.2) is 43.2 Å². The van der Waals surface area contributed by atoms with Crippen LogP contribution in [0.15, 0.2) is 0 Å². The highest BCUT2D eigenvalue weighted by atomic mass is 16.5. The Morgan fingerprint density at radius 2 is 2.06 bits per heavy atom. The van der Waals surface area contributed by atoms with E-state index < -0.39 is 6.04 Å². The molecule has 0 aliphatic heterocycles. The van der Waals surface area contributed by atoms with Crippen molar-refractivity contribution in [3.63, 3.8) is 0 Å². The van der Waals surface area contributed by atoms with Gasteiger partial charge in [-0.3, -0.25) is 4.79 Å². The highest BCUT2D eigenvalue weighted by Crippen LogP contribution is 2.50. The Labute approximate surface area is 104 Å². The van der Waals surface area contributed by atoms with Gasteiger partial charge in [0.25, 0.3) is 0 Å². The Morgan fingerprint density at radius 1 is 1.53 bits per heavy atom. The van der Waals surface area contributed by atoms with Gasteiger partial charge >= 0.3 is 0 Å². The molecular formula is C13H26N2O2. The second kappa shape index (κ2) is 5.36. The van der Waals surface area contributed by atoms with Crippen molar-refractivity contribution in [1.29, 1.82) is 0 Å². The van der Waals surface area contributed by atoms with Gasteiger partial charge in [-0.05, 0) is 26.2 Å². The van der Waals surface area contributed by atoms with E-state index in [-0.39, 0.29) is 23.5 Å². The van der Waals surface area contributed by atoms with Gasteiger partial charge in [0.2, 0.25) is 5.91 Å². The SMILES string of the molecule is CCC1(CC)[C@H](OC)C[C@H]1N(C)C(=O)[C@H](C)N. The summed E-state index contributed by atoms with van der Waals surface area (Å²) in [6.07, 6.45) is 3.26. The van der Waals surface area contributed by atoms with Gasteiger partial charge in [0, 0.05) is 25.6 Å². The molecule has 2 N–H and O–H groups in total. The van der Waals surface area contributed by atoms with Crippen LogP contribution in [0.3, 0.4) is 0 Å². The van der Waals surface area contributed by atoms with Crippen LogP contribution in [0.4, 0.5) is 0 Å². The van der Waals surface area contributed by atoms with Crippen LogP contribution in [0.1, 0.15) is 40.0 Å². The van der Waals surface area contributed by atoms with Crippen molar-refractivity contribution in [2.24, 2.45) is 11.1 Å². The van der Waals surface area contributed by atoms with E-state index in [0.29, 0.717) is 0 Å². The lowest BCUT2D eigenvalue weighted by Gasteiger charge is -2.58. The number of rotatable bonds is 5. The molecule has 3 atom stereocenters. The van der Waals surface area contributed by atoms with Gasteiger partial charge in [0.05, 0.1) is 12.1 Å². The normalized spacial score (nSPS) is 28.4. The average molecular weight is 242 g/mol. The quantitative estimate of drug-likeness (QED) is 0.792. The van der Waals surface area contributed by atoms with Gasteiger partial charge in [-0.1, -0.05) is 13.8 Å². The molecule has 0 spiro atoms. The molecular weight excluding hydrogens is 216 g/mol. The van der Waals surface area contributed by atoms with Crippen LogP contribution < -0.4 is 5.73 Å². The Balaban J connectivity index is 2.82. The first-order valence-electron chi connectivity index (χ1n) is 6.49. The van der Waals surface area contributed by atoms with Crippen LogP contribution in [0.5, 0.6) is 0 Å². The summed E-state index contributed by atoms with van der Waals surface area (Å²) in [4.78, 5) is 13.8. The fraction of sp³-hybridized carbons (Fsp3) is 0.923. The third-order valence-electron chi connectivity index (χ3n) is 4.55. The van der Waals surface area contributed by atoms with Gasteiger partial charge in [0.15, 0.2) is 0 Å². The maximum atomic E-state index is 12.0. The Morgan fingerprint density at radius 3 is 2.41 bits per heavy atom. The Hall–Kier alpha value is -0.610. The van der Waals surface area contributed by atoms with E-state index in [0.717, 1.165) is 19.3 Å². The molecule has 0 radical (unpaired) electrons. The van der Waals surface area contributed by atoms with Crippen molar-refractivity contribution < 1.29 is 9.53 Å². The van der Waals surface area contributed by atoms with Crippen molar-refractivity contribution in [1.82, 2.24) is 4.90 Å². The largest absolute Gasteiger partial charge is 0.381 e. The van der Waals surface area contributed by atoms with Crippen molar-refractivity contribution >= 4 is 5.91 Å². The van der Waals surface area contributed by atoms with Crippen LogP contribution in [0.25, 0.3) is 0 Å². The maximum absolute atomic E-state index is 12.0. The predicted molar refractivity (Wildman–Crippen MR) is 68.6 cm³/mol. The minimum absolute atomic E-state index is 0.0239. The zero-order valence-corrected chi connectivity index (χ0v) is 11.7. The maximum Gasteiger partial charge on any atom is 0.239 e. The molecule has 0 aromatic heterocycles. The van der Waals surface area contributed by atoms with E-state index in [2.05, 4.69) is 13.8 Å². The molecule has 4 nitrogen and oxygen atoms in total. The number of methoxy groups -OCH3 is 1. The number of carbonyl (C=O) groups is 1. The number of hydrogen-bond donors (Lipinski definition) is 1. The minimum atomic E-state index is -0.423. The Bertz CT molecular complexity index is 275. The number of likely N-dealkylation sites (N-methyl/N-ethyl adjacent to an activating group) is 1. The summed E-state index contributed by atoms with van der Waals surface area (Å²) >= 11 is 0. The van der Waals surface area contributed by atoms with Crippen LogP contribution in [0, 0.1) is 5.41 Å². The van der Waals surface area contributed by atoms with Gasteiger partial charge < -0.3 is 15.4 Å². The van der Waals surface area contributed by atoms with Crippen LogP contribution >= 0.6 is 0 Å². The van der Waals surface area contributed by atoms with Crippen molar-refractivity contribution in [2.75, 3.05) is 14.2 Å². The zero-order valence-electron chi connectivity index (χ0n) is 11.7. The second-order valence-electron chi connectivity index (χ2n) is 5.15. The number of carbonyl (C=O) groups excluding carboxylic acids is 1. The molecule has 0 unspecified atom stereocenters. The molecule has 0 heterocycles. The molecule has 1 aliphatic carbocycles. The van der Waals surface area contributed by atoms with Gasteiger partial charge in [-0.2, -0.15) is 0 Å². The molecule has 0 aromatic carbocycles. The van der Waals surface area contributed by atoms with Crippen molar-refractivity contribution in [3.05, 3.63) is 0 Å². The number of ether oxygens (including phenoxy) is 1. The van der Waals surface area contributed by atoms with Crippen LogP contribution in [0.2, 0.25) is 0 Å². The smallest absolute Gasteiger partial charge is 0.239 e. The first-order chi connectivity index (χ1) is 7.94. The number of hydrogen-bond acceptors (Lipinski definition) is 3. The van der Waals surface area contributed by atoms with E-state index >= 15 is 0 Å². The molecule has 17 heavy (non-hydrogen) atoms. The lowest BCUT2D eigenvalue weighted by atomic mass is 9.58. The van der Waals surface area contributed by atoms with Crippen molar-refractivity contribution in [3.8, 4) is 0 Å². The average Bonchev–Trinajstić information content (AvgIpc) is 2.29. The molecule has 0 saturated heterocycles. The molecule has 1 aliphatic rings.